The van der Waals surface area contributed by atoms with Gasteiger partial charge in [0.25, 0.3) is 5.69 Å². The average Bonchev–Trinajstić information content (AvgIpc) is 2.06. The first-order valence-electron chi connectivity index (χ1n) is 4.47. The fraction of sp³-hybridized carbons (Fsp3) is 0.400. The maximum atomic E-state index is 10.8. The first-order chi connectivity index (χ1) is 6.73. The molecule has 0 heterocycles. The van der Waals surface area contributed by atoms with E-state index in [-0.39, 0.29) is 16.8 Å². The van der Waals surface area contributed by atoms with Crippen LogP contribution in [-0.2, 0) is 5.41 Å². The van der Waals surface area contributed by atoms with Crippen molar-refractivity contribution in [2.24, 2.45) is 0 Å². The fourth-order valence-electron chi connectivity index (χ4n) is 1.19. The van der Waals surface area contributed by atoms with E-state index in [1.165, 1.54) is 0 Å². The molecule has 0 aromatic heterocycles. The largest absolute Gasteiger partial charge is 0.392 e. The number of nitrogen functional groups attached to an aromatic ring is 1. The van der Waals surface area contributed by atoms with Crippen LogP contribution in [0.1, 0.15) is 26.3 Å². The summed E-state index contributed by atoms with van der Waals surface area (Å²) in [5.74, 6) is 0. The molecule has 0 unspecified atom stereocenters. The number of hydrogen-bond donors (Lipinski definition) is 1. The number of halogens is 1. The molecule has 0 radical (unpaired) electrons. The monoisotopic (exact) mass is 320 g/mol. The molecule has 5 heteroatoms. The van der Waals surface area contributed by atoms with Crippen LogP contribution in [0.5, 0.6) is 0 Å². The molecule has 2 N–H and O–H groups in total. The van der Waals surface area contributed by atoms with E-state index in [4.69, 9.17) is 5.73 Å². The standard InChI is InChI=1S/C10H13IN2O2/c1-10(2,3)6-4-7(11)9(12)8(5-6)13(14)15/h4-5H,12H2,1-3H3. The van der Waals surface area contributed by atoms with Gasteiger partial charge in [-0.2, -0.15) is 0 Å². The molecule has 1 rings (SSSR count). The molecular formula is C10H13IN2O2. The van der Waals surface area contributed by atoms with Gasteiger partial charge in [-0.25, -0.2) is 0 Å². The topological polar surface area (TPSA) is 69.2 Å². The highest BCUT2D eigenvalue weighted by Crippen LogP contribution is 2.33. The SMILES string of the molecule is CC(C)(C)c1cc(I)c(N)c([N+](=O)[O-])c1. The lowest BCUT2D eigenvalue weighted by Gasteiger charge is -2.19. The van der Waals surface area contributed by atoms with Crippen molar-refractivity contribution in [1.29, 1.82) is 0 Å². The van der Waals surface area contributed by atoms with Crippen LogP contribution in [-0.4, -0.2) is 4.92 Å². The van der Waals surface area contributed by atoms with Crippen molar-refractivity contribution >= 4 is 34.0 Å². The Balaban J connectivity index is 3.43. The van der Waals surface area contributed by atoms with Crippen molar-refractivity contribution in [2.45, 2.75) is 26.2 Å². The minimum absolute atomic E-state index is 0.00757. The van der Waals surface area contributed by atoms with E-state index in [9.17, 15) is 10.1 Å². The van der Waals surface area contributed by atoms with Gasteiger partial charge < -0.3 is 5.73 Å². The average molecular weight is 320 g/mol. The number of anilines is 1. The number of hydrogen-bond acceptors (Lipinski definition) is 3. The van der Waals surface area contributed by atoms with Crippen LogP contribution in [0.4, 0.5) is 11.4 Å². The molecule has 0 spiro atoms. The summed E-state index contributed by atoms with van der Waals surface area (Å²) in [6.07, 6.45) is 0. The van der Waals surface area contributed by atoms with E-state index < -0.39 is 4.92 Å². The molecule has 0 fully saturated rings. The summed E-state index contributed by atoms with van der Waals surface area (Å²) >= 11 is 2.02. The Morgan fingerprint density at radius 1 is 1.40 bits per heavy atom. The molecule has 0 bridgehead atoms. The summed E-state index contributed by atoms with van der Waals surface area (Å²) in [6.45, 7) is 6.04. The third-order valence-electron chi connectivity index (χ3n) is 2.17. The maximum Gasteiger partial charge on any atom is 0.293 e. The first-order valence-corrected chi connectivity index (χ1v) is 5.55. The molecule has 0 aliphatic rings. The molecule has 15 heavy (non-hydrogen) atoms. The Morgan fingerprint density at radius 2 is 1.93 bits per heavy atom. The molecule has 4 nitrogen and oxygen atoms in total. The van der Waals surface area contributed by atoms with Crippen LogP contribution in [0.2, 0.25) is 0 Å². The predicted molar refractivity (Wildman–Crippen MR) is 68.9 cm³/mol. The van der Waals surface area contributed by atoms with Crippen molar-refractivity contribution in [3.63, 3.8) is 0 Å². The molecule has 0 atom stereocenters. The third kappa shape index (κ3) is 2.58. The zero-order valence-corrected chi connectivity index (χ0v) is 11.0. The van der Waals surface area contributed by atoms with Crippen LogP contribution >= 0.6 is 22.6 Å². The molecule has 0 saturated carbocycles. The van der Waals surface area contributed by atoms with Gasteiger partial charge in [-0.3, -0.25) is 10.1 Å². The molecule has 82 valence electrons. The zero-order chi connectivity index (χ0) is 11.8. The molecule has 0 aliphatic carbocycles. The zero-order valence-electron chi connectivity index (χ0n) is 8.87. The van der Waals surface area contributed by atoms with Crippen LogP contribution in [0.3, 0.4) is 0 Å². The van der Waals surface area contributed by atoms with Gasteiger partial charge in [-0.15, -0.1) is 0 Å². The molecule has 0 saturated heterocycles. The van der Waals surface area contributed by atoms with Gasteiger partial charge in [0.05, 0.1) is 4.92 Å². The second-order valence-corrected chi connectivity index (χ2v) is 5.56. The van der Waals surface area contributed by atoms with Gasteiger partial charge >= 0.3 is 0 Å². The van der Waals surface area contributed by atoms with Crippen LogP contribution in [0.25, 0.3) is 0 Å². The Bertz CT molecular complexity index is 411. The summed E-state index contributed by atoms with van der Waals surface area (Å²) in [6, 6.07) is 3.44. The molecule has 1 aromatic carbocycles. The number of benzene rings is 1. The van der Waals surface area contributed by atoms with Crippen molar-refractivity contribution < 1.29 is 4.92 Å². The van der Waals surface area contributed by atoms with E-state index in [0.29, 0.717) is 0 Å². The van der Waals surface area contributed by atoms with E-state index in [2.05, 4.69) is 0 Å². The smallest absolute Gasteiger partial charge is 0.293 e. The minimum atomic E-state index is -0.438. The number of nitrogens with two attached hydrogens (primary N) is 1. The van der Waals surface area contributed by atoms with Crippen LogP contribution in [0, 0.1) is 13.7 Å². The summed E-state index contributed by atoms with van der Waals surface area (Å²) in [4.78, 5) is 10.3. The highest BCUT2D eigenvalue weighted by atomic mass is 127. The summed E-state index contributed by atoms with van der Waals surface area (Å²) in [5.41, 5.74) is 6.69. The number of rotatable bonds is 1. The number of nitro benzene ring substituents is 1. The van der Waals surface area contributed by atoms with Crippen molar-refractivity contribution in [3.8, 4) is 0 Å². The molecular weight excluding hydrogens is 307 g/mol. The van der Waals surface area contributed by atoms with Crippen molar-refractivity contribution in [2.75, 3.05) is 5.73 Å². The van der Waals surface area contributed by atoms with Crippen molar-refractivity contribution in [1.82, 2.24) is 0 Å². The summed E-state index contributed by atoms with van der Waals surface area (Å²) in [5, 5.41) is 10.8. The second kappa shape index (κ2) is 3.96. The van der Waals surface area contributed by atoms with E-state index >= 15 is 0 Å². The van der Waals surface area contributed by atoms with E-state index in [1.807, 2.05) is 49.4 Å². The van der Waals surface area contributed by atoms with Gasteiger partial charge in [0.1, 0.15) is 5.69 Å². The van der Waals surface area contributed by atoms with Gasteiger partial charge in [0.2, 0.25) is 0 Å². The molecule has 1 aromatic rings. The van der Waals surface area contributed by atoms with Gasteiger partial charge in [0.15, 0.2) is 0 Å². The van der Waals surface area contributed by atoms with Gasteiger partial charge in [-0.05, 0) is 39.6 Å². The fourth-order valence-corrected chi connectivity index (χ4v) is 1.80. The maximum absolute atomic E-state index is 10.8. The Kier molecular flexibility index (Phi) is 3.22. The van der Waals surface area contributed by atoms with Gasteiger partial charge in [-0.1, -0.05) is 20.8 Å². The third-order valence-corrected chi connectivity index (χ3v) is 3.06. The lowest BCUT2D eigenvalue weighted by atomic mass is 9.87. The Labute approximate surface area is 102 Å². The highest BCUT2D eigenvalue weighted by Gasteiger charge is 2.21. The summed E-state index contributed by atoms with van der Waals surface area (Å²) < 4.78 is 0.728. The normalized spacial score (nSPS) is 11.5. The lowest BCUT2D eigenvalue weighted by Crippen LogP contribution is -2.12. The quantitative estimate of drug-likeness (QED) is 0.374. The number of nitro groups is 1. The van der Waals surface area contributed by atoms with E-state index in [1.54, 1.807) is 6.07 Å². The number of nitrogens with zero attached hydrogens (tertiary/aromatic N) is 1. The lowest BCUT2D eigenvalue weighted by molar-refractivity contribution is -0.384. The first kappa shape index (κ1) is 12.2. The molecule has 0 amide bonds. The van der Waals surface area contributed by atoms with E-state index in [0.717, 1.165) is 9.13 Å². The van der Waals surface area contributed by atoms with Crippen molar-refractivity contribution in [3.05, 3.63) is 31.4 Å². The Morgan fingerprint density at radius 3 is 2.33 bits per heavy atom. The van der Waals surface area contributed by atoms with Crippen LogP contribution < -0.4 is 5.73 Å². The predicted octanol–water partition coefficient (Wildman–Crippen LogP) is 3.08. The molecule has 0 aliphatic heterocycles. The van der Waals surface area contributed by atoms with Crippen LogP contribution in [0.15, 0.2) is 12.1 Å². The minimum Gasteiger partial charge on any atom is -0.392 e. The second-order valence-electron chi connectivity index (χ2n) is 4.40. The van der Waals surface area contributed by atoms with Gasteiger partial charge in [0, 0.05) is 9.64 Å². The Hall–Kier alpha value is -0.850. The highest BCUT2D eigenvalue weighted by molar-refractivity contribution is 14.1. The summed E-state index contributed by atoms with van der Waals surface area (Å²) in [7, 11) is 0.